The monoisotopic (exact) mass is 833 g/mol. The minimum absolute atomic E-state index is 0.0366. The summed E-state index contributed by atoms with van der Waals surface area (Å²) < 4.78 is 34.3. The normalized spacial score (nSPS) is 13.4. The lowest BCUT2D eigenvalue weighted by molar-refractivity contribution is -0.870. The van der Waals surface area contributed by atoms with Crippen molar-refractivity contribution in [2.45, 2.75) is 245 Å². The first-order valence-electron chi connectivity index (χ1n) is 24.3. The lowest BCUT2D eigenvalue weighted by Crippen LogP contribution is -2.37. The molecule has 9 nitrogen and oxygen atoms in total. The highest BCUT2D eigenvalue weighted by Gasteiger charge is 2.27. The number of quaternary nitrogens is 1. The zero-order valence-corrected chi connectivity index (χ0v) is 39.2. The molecule has 0 aliphatic carbocycles. The van der Waals surface area contributed by atoms with Crippen LogP contribution >= 0.6 is 7.82 Å². The molecule has 0 bridgehead atoms. The number of nitrogens with zero attached hydrogens (tertiary/aromatic N) is 1. The van der Waals surface area contributed by atoms with Crippen LogP contribution in [0.4, 0.5) is 0 Å². The largest absolute Gasteiger partial charge is 0.472 e. The first kappa shape index (κ1) is 56.0. The number of esters is 2. The van der Waals surface area contributed by atoms with Crippen molar-refractivity contribution in [3.05, 3.63) is 0 Å². The SMILES string of the molecule is CCCCCCCCCCCCCCCCCCCCCCCCCCCC(=O)OC(COC(=O)CCCCCCCCCC)COP(=O)(O)OCC[N+](C)(C)C. The Bertz CT molecular complexity index is 943. The molecule has 0 aromatic rings. The van der Waals surface area contributed by atoms with E-state index in [1.54, 1.807) is 0 Å². The Morgan fingerprint density at radius 1 is 0.474 bits per heavy atom. The Morgan fingerprint density at radius 3 is 1.12 bits per heavy atom. The highest BCUT2D eigenvalue weighted by Crippen LogP contribution is 2.43. The molecular weight excluding hydrogens is 737 g/mol. The molecule has 340 valence electrons. The van der Waals surface area contributed by atoms with E-state index in [0.29, 0.717) is 17.4 Å². The maximum Gasteiger partial charge on any atom is 0.472 e. The minimum Gasteiger partial charge on any atom is -0.462 e. The van der Waals surface area contributed by atoms with Gasteiger partial charge in [0.15, 0.2) is 6.10 Å². The maximum absolute atomic E-state index is 12.7. The Kier molecular flexibility index (Phi) is 39.7. The average molecular weight is 833 g/mol. The number of carbonyl (C=O) groups excluding carboxylic acids is 2. The molecule has 10 heteroatoms. The summed E-state index contributed by atoms with van der Waals surface area (Å²) in [7, 11) is 1.49. The topological polar surface area (TPSA) is 108 Å². The molecule has 0 amide bonds. The number of unbranched alkanes of at least 4 members (excludes halogenated alkanes) is 31. The highest BCUT2D eigenvalue weighted by atomic mass is 31.2. The van der Waals surface area contributed by atoms with Crippen LogP contribution in [0.2, 0.25) is 0 Å². The predicted octanol–water partition coefficient (Wildman–Crippen LogP) is 14.0. The van der Waals surface area contributed by atoms with E-state index in [9.17, 15) is 19.0 Å². The van der Waals surface area contributed by atoms with Gasteiger partial charge in [0.25, 0.3) is 0 Å². The first-order chi connectivity index (χ1) is 27.5. The van der Waals surface area contributed by atoms with Crippen molar-refractivity contribution < 1.29 is 42.1 Å². The lowest BCUT2D eigenvalue weighted by Gasteiger charge is -2.24. The van der Waals surface area contributed by atoms with Gasteiger partial charge in [-0.25, -0.2) is 4.57 Å². The van der Waals surface area contributed by atoms with Crippen LogP contribution in [-0.2, 0) is 32.7 Å². The average Bonchev–Trinajstić information content (AvgIpc) is 3.16. The van der Waals surface area contributed by atoms with Crippen LogP contribution in [0.5, 0.6) is 0 Å². The summed E-state index contributed by atoms with van der Waals surface area (Å²) in [5, 5.41) is 0. The summed E-state index contributed by atoms with van der Waals surface area (Å²) in [6.07, 6.45) is 41.8. The van der Waals surface area contributed by atoms with Crippen LogP contribution in [0.3, 0.4) is 0 Å². The first-order valence-corrected chi connectivity index (χ1v) is 25.8. The van der Waals surface area contributed by atoms with Gasteiger partial charge < -0.3 is 18.9 Å². The number of phosphoric ester groups is 1. The van der Waals surface area contributed by atoms with Crippen LogP contribution < -0.4 is 0 Å². The Labute approximate surface area is 353 Å². The quantitative estimate of drug-likeness (QED) is 0.0280. The van der Waals surface area contributed by atoms with E-state index in [1.807, 2.05) is 21.1 Å². The summed E-state index contributed by atoms with van der Waals surface area (Å²) in [4.78, 5) is 35.3. The van der Waals surface area contributed by atoms with Gasteiger partial charge in [0.2, 0.25) is 0 Å². The standard InChI is InChI=1S/C47H94NO8P/c1-6-8-10-12-14-16-17-18-19-20-21-22-23-24-25-26-27-28-29-30-31-32-34-36-38-40-47(50)56-45(44-55-57(51,52)54-42-41-48(3,4)5)43-53-46(49)39-37-35-33-15-13-11-9-7-2/h45H,6-44H2,1-5H3/p+1. The second kappa shape index (κ2) is 40.4. The summed E-state index contributed by atoms with van der Waals surface area (Å²) in [6.45, 7) is 4.43. The molecule has 0 aliphatic heterocycles. The molecule has 0 rings (SSSR count). The van der Waals surface area contributed by atoms with Crippen LogP contribution in [-0.4, -0.2) is 74.9 Å². The smallest absolute Gasteiger partial charge is 0.462 e. The molecule has 0 saturated heterocycles. The fourth-order valence-electron chi connectivity index (χ4n) is 7.08. The molecule has 0 saturated carbocycles. The molecule has 0 radical (unpaired) electrons. The van der Waals surface area contributed by atoms with Crippen molar-refractivity contribution in [1.82, 2.24) is 0 Å². The van der Waals surface area contributed by atoms with Crippen LogP contribution in [0, 0.1) is 0 Å². The highest BCUT2D eigenvalue weighted by molar-refractivity contribution is 7.47. The van der Waals surface area contributed by atoms with E-state index in [0.717, 1.165) is 38.5 Å². The van der Waals surface area contributed by atoms with E-state index < -0.39 is 26.5 Å². The molecule has 2 atom stereocenters. The lowest BCUT2D eigenvalue weighted by atomic mass is 10.0. The van der Waals surface area contributed by atoms with E-state index in [-0.39, 0.29) is 25.6 Å². The Hall–Kier alpha value is -0.990. The van der Waals surface area contributed by atoms with Crippen molar-refractivity contribution in [1.29, 1.82) is 0 Å². The molecule has 1 N–H and O–H groups in total. The number of phosphoric acid groups is 1. The number of carbonyl (C=O) groups is 2. The van der Waals surface area contributed by atoms with Gasteiger partial charge in [0.05, 0.1) is 27.7 Å². The van der Waals surface area contributed by atoms with Crippen LogP contribution in [0.15, 0.2) is 0 Å². The van der Waals surface area contributed by atoms with E-state index in [4.69, 9.17) is 18.5 Å². The Balaban J connectivity index is 4.04. The summed E-state index contributed by atoms with van der Waals surface area (Å²) >= 11 is 0. The molecule has 0 aliphatic rings. The predicted molar refractivity (Wildman–Crippen MR) is 238 cm³/mol. The molecule has 0 aromatic heterocycles. The Morgan fingerprint density at radius 2 is 0.789 bits per heavy atom. The summed E-state index contributed by atoms with van der Waals surface area (Å²) in [5.74, 6) is -0.788. The molecule has 2 unspecified atom stereocenters. The molecule has 0 fully saturated rings. The minimum atomic E-state index is -4.36. The zero-order valence-electron chi connectivity index (χ0n) is 38.4. The van der Waals surface area contributed by atoms with Gasteiger partial charge in [0, 0.05) is 12.8 Å². The molecular formula is C47H95NO8P+. The maximum atomic E-state index is 12.7. The van der Waals surface area contributed by atoms with Gasteiger partial charge in [-0.1, -0.05) is 213 Å². The van der Waals surface area contributed by atoms with Crippen molar-refractivity contribution >= 4 is 19.8 Å². The molecule has 0 spiro atoms. The number of hydrogen-bond donors (Lipinski definition) is 1. The number of likely N-dealkylation sites (N-methyl/N-ethyl adjacent to an activating group) is 1. The van der Waals surface area contributed by atoms with Gasteiger partial charge in [-0.15, -0.1) is 0 Å². The third-order valence-electron chi connectivity index (χ3n) is 10.9. The summed E-state index contributed by atoms with van der Waals surface area (Å²) in [6, 6.07) is 0. The van der Waals surface area contributed by atoms with Crippen molar-refractivity contribution in [3.63, 3.8) is 0 Å². The fraction of sp³-hybridized carbons (Fsp3) is 0.957. The second-order valence-electron chi connectivity index (χ2n) is 17.9. The van der Waals surface area contributed by atoms with E-state index in [2.05, 4.69) is 13.8 Å². The molecule has 0 aromatic carbocycles. The van der Waals surface area contributed by atoms with Gasteiger partial charge in [-0.3, -0.25) is 18.6 Å². The summed E-state index contributed by atoms with van der Waals surface area (Å²) in [5.41, 5.74) is 0. The molecule has 0 heterocycles. The van der Waals surface area contributed by atoms with Gasteiger partial charge >= 0.3 is 19.8 Å². The molecule has 57 heavy (non-hydrogen) atoms. The number of ether oxygens (including phenoxy) is 2. The third-order valence-corrected chi connectivity index (χ3v) is 11.9. The van der Waals surface area contributed by atoms with Gasteiger partial charge in [0.1, 0.15) is 19.8 Å². The van der Waals surface area contributed by atoms with Crippen molar-refractivity contribution in [3.8, 4) is 0 Å². The van der Waals surface area contributed by atoms with Crippen molar-refractivity contribution in [2.24, 2.45) is 0 Å². The van der Waals surface area contributed by atoms with Crippen molar-refractivity contribution in [2.75, 3.05) is 47.5 Å². The fourth-order valence-corrected chi connectivity index (χ4v) is 7.82. The van der Waals surface area contributed by atoms with Crippen LogP contribution in [0.1, 0.15) is 239 Å². The third kappa shape index (κ3) is 44.4. The number of rotatable bonds is 45. The zero-order chi connectivity index (χ0) is 42.1. The van der Waals surface area contributed by atoms with Crippen LogP contribution in [0.25, 0.3) is 0 Å². The number of hydrogen-bond acceptors (Lipinski definition) is 7. The van der Waals surface area contributed by atoms with Gasteiger partial charge in [-0.05, 0) is 12.8 Å². The van der Waals surface area contributed by atoms with E-state index >= 15 is 0 Å². The van der Waals surface area contributed by atoms with E-state index in [1.165, 1.54) is 173 Å². The second-order valence-corrected chi connectivity index (χ2v) is 19.3. The van der Waals surface area contributed by atoms with Gasteiger partial charge in [-0.2, -0.15) is 0 Å².